The van der Waals surface area contributed by atoms with Crippen molar-refractivity contribution in [2.75, 3.05) is 0 Å². The molecule has 3 heteroatoms. The molecule has 0 atom stereocenters. The topological polar surface area (TPSA) is 34.9 Å². The van der Waals surface area contributed by atoms with Crippen LogP contribution in [-0.2, 0) is 6.54 Å². The molecule has 1 heterocycles. The molecule has 0 aliphatic heterocycles. The van der Waals surface area contributed by atoms with Crippen molar-refractivity contribution in [2.45, 2.75) is 19.9 Å². The maximum atomic E-state index is 11.6. The van der Waals surface area contributed by atoms with Gasteiger partial charge in [0, 0.05) is 18.5 Å². The molecule has 2 aromatic carbocycles. The van der Waals surface area contributed by atoms with Gasteiger partial charge in [0.25, 0.3) is 0 Å². The summed E-state index contributed by atoms with van der Waals surface area (Å²) in [7, 11) is 0. The zero-order valence-corrected chi connectivity index (χ0v) is 11.4. The van der Waals surface area contributed by atoms with Crippen molar-refractivity contribution in [1.82, 2.24) is 9.55 Å². The molecule has 0 spiro atoms. The normalized spacial score (nSPS) is 10.8. The Balaban J connectivity index is 1.86. The highest BCUT2D eigenvalue weighted by atomic mass is 16.1. The van der Waals surface area contributed by atoms with Gasteiger partial charge in [-0.05, 0) is 17.7 Å². The number of benzene rings is 2. The maximum Gasteiger partial charge on any atom is 0.162 e. The second kappa shape index (κ2) is 5.29. The van der Waals surface area contributed by atoms with Crippen LogP contribution in [0, 0.1) is 0 Å². The Hall–Kier alpha value is -2.42. The molecular formula is C17H16N2O. The van der Waals surface area contributed by atoms with Gasteiger partial charge in [0.1, 0.15) is 0 Å². The number of carbonyl (C=O) groups excluding carboxylic acids is 1. The first-order valence-corrected chi connectivity index (χ1v) is 6.80. The van der Waals surface area contributed by atoms with Gasteiger partial charge in [-0.15, -0.1) is 0 Å². The van der Waals surface area contributed by atoms with E-state index in [0.29, 0.717) is 6.42 Å². The van der Waals surface area contributed by atoms with E-state index in [4.69, 9.17) is 0 Å². The zero-order chi connectivity index (χ0) is 13.9. The second-order valence-corrected chi connectivity index (χ2v) is 4.83. The van der Waals surface area contributed by atoms with Gasteiger partial charge in [-0.25, -0.2) is 4.98 Å². The lowest BCUT2D eigenvalue weighted by molar-refractivity contribution is 0.0988. The van der Waals surface area contributed by atoms with E-state index in [1.54, 1.807) is 0 Å². The average molecular weight is 264 g/mol. The number of ketones is 1. The summed E-state index contributed by atoms with van der Waals surface area (Å²) in [6.45, 7) is 2.65. The van der Waals surface area contributed by atoms with Gasteiger partial charge < -0.3 is 4.57 Å². The third-order valence-corrected chi connectivity index (χ3v) is 3.48. The van der Waals surface area contributed by atoms with Crippen molar-refractivity contribution >= 4 is 16.8 Å². The first-order chi connectivity index (χ1) is 9.78. The summed E-state index contributed by atoms with van der Waals surface area (Å²) < 4.78 is 2.12. The summed E-state index contributed by atoms with van der Waals surface area (Å²) in [5.74, 6) is 0.185. The number of carbonyl (C=O) groups is 1. The van der Waals surface area contributed by atoms with E-state index >= 15 is 0 Å². The average Bonchev–Trinajstić information content (AvgIpc) is 2.91. The van der Waals surface area contributed by atoms with Gasteiger partial charge in [-0.1, -0.05) is 43.3 Å². The molecule has 0 aliphatic carbocycles. The van der Waals surface area contributed by atoms with Gasteiger partial charge in [0.05, 0.1) is 17.4 Å². The molecule has 0 radical (unpaired) electrons. The lowest BCUT2D eigenvalue weighted by atomic mass is 10.1. The predicted molar refractivity (Wildman–Crippen MR) is 79.9 cm³/mol. The minimum Gasteiger partial charge on any atom is -0.326 e. The van der Waals surface area contributed by atoms with Crippen LogP contribution >= 0.6 is 0 Å². The van der Waals surface area contributed by atoms with Crippen LogP contribution in [0.1, 0.15) is 29.3 Å². The summed E-state index contributed by atoms with van der Waals surface area (Å²) in [5.41, 5.74) is 4.08. The Morgan fingerprint density at radius 3 is 2.60 bits per heavy atom. The highest BCUT2D eigenvalue weighted by molar-refractivity contribution is 5.95. The number of fused-ring (bicyclic) bond motifs is 1. The Morgan fingerprint density at radius 2 is 1.85 bits per heavy atom. The van der Waals surface area contributed by atoms with Crippen molar-refractivity contribution in [1.29, 1.82) is 0 Å². The van der Waals surface area contributed by atoms with E-state index < -0.39 is 0 Å². The van der Waals surface area contributed by atoms with Gasteiger partial charge >= 0.3 is 0 Å². The van der Waals surface area contributed by atoms with Gasteiger partial charge in [0.2, 0.25) is 0 Å². The van der Waals surface area contributed by atoms with Gasteiger partial charge in [-0.2, -0.15) is 0 Å². The summed E-state index contributed by atoms with van der Waals surface area (Å²) >= 11 is 0. The van der Waals surface area contributed by atoms with Crippen molar-refractivity contribution in [3.8, 4) is 0 Å². The molecule has 0 unspecified atom stereocenters. The molecule has 3 aromatic rings. The van der Waals surface area contributed by atoms with Crippen LogP contribution in [-0.4, -0.2) is 15.3 Å². The van der Waals surface area contributed by atoms with E-state index in [2.05, 4.69) is 15.6 Å². The van der Waals surface area contributed by atoms with Crippen LogP contribution in [0.15, 0.2) is 54.9 Å². The number of imidazole rings is 1. The fraction of sp³-hybridized carbons (Fsp3) is 0.176. The monoisotopic (exact) mass is 264 g/mol. The van der Waals surface area contributed by atoms with Crippen LogP contribution < -0.4 is 0 Å². The molecule has 0 N–H and O–H groups in total. The molecule has 3 nitrogen and oxygen atoms in total. The SMILES string of the molecule is CCC(=O)c1ccc(Cn2cnc3ccccc32)cc1. The summed E-state index contributed by atoms with van der Waals surface area (Å²) in [6, 6.07) is 15.9. The second-order valence-electron chi connectivity index (χ2n) is 4.83. The number of para-hydroxylation sites is 2. The molecule has 0 saturated carbocycles. The van der Waals surface area contributed by atoms with Crippen LogP contribution in [0.25, 0.3) is 11.0 Å². The largest absolute Gasteiger partial charge is 0.326 e. The molecule has 0 saturated heterocycles. The number of hydrogen-bond donors (Lipinski definition) is 0. The van der Waals surface area contributed by atoms with Crippen LogP contribution in [0.2, 0.25) is 0 Å². The van der Waals surface area contributed by atoms with Crippen molar-refractivity contribution in [3.05, 3.63) is 66.0 Å². The Morgan fingerprint density at radius 1 is 1.10 bits per heavy atom. The lowest BCUT2D eigenvalue weighted by Gasteiger charge is -2.05. The van der Waals surface area contributed by atoms with Gasteiger partial charge in [-0.3, -0.25) is 4.79 Å². The van der Waals surface area contributed by atoms with Crippen molar-refractivity contribution < 1.29 is 4.79 Å². The molecule has 0 fully saturated rings. The fourth-order valence-electron chi connectivity index (χ4n) is 2.33. The highest BCUT2D eigenvalue weighted by Gasteiger charge is 2.04. The van der Waals surface area contributed by atoms with E-state index in [0.717, 1.165) is 23.1 Å². The third-order valence-electron chi connectivity index (χ3n) is 3.48. The van der Waals surface area contributed by atoms with Crippen LogP contribution in [0.4, 0.5) is 0 Å². The van der Waals surface area contributed by atoms with Crippen molar-refractivity contribution in [3.63, 3.8) is 0 Å². The Bertz CT molecular complexity index is 741. The Kier molecular flexibility index (Phi) is 3.33. The summed E-state index contributed by atoms with van der Waals surface area (Å²) in [4.78, 5) is 16.0. The predicted octanol–water partition coefficient (Wildman–Crippen LogP) is 3.68. The molecular weight excluding hydrogens is 248 g/mol. The molecule has 3 rings (SSSR count). The molecule has 0 aliphatic rings. The first kappa shape index (κ1) is 12.6. The molecule has 0 bridgehead atoms. The van der Waals surface area contributed by atoms with Crippen molar-refractivity contribution in [2.24, 2.45) is 0 Å². The van der Waals surface area contributed by atoms with Crippen LogP contribution in [0.5, 0.6) is 0 Å². The third kappa shape index (κ3) is 2.35. The zero-order valence-electron chi connectivity index (χ0n) is 11.4. The number of hydrogen-bond acceptors (Lipinski definition) is 2. The number of nitrogens with zero attached hydrogens (tertiary/aromatic N) is 2. The fourth-order valence-corrected chi connectivity index (χ4v) is 2.33. The standard InChI is InChI=1S/C17H16N2O/c1-2-17(20)14-9-7-13(8-10-14)11-19-12-18-15-5-3-4-6-16(15)19/h3-10,12H,2,11H2,1H3. The number of Topliss-reactive ketones (excluding diaryl/α,β-unsaturated/α-hetero) is 1. The minimum absolute atomic E-state index is 0.185. The maximum absolute atomic E-state index is 11.6. The summed E-state index contributed by atoms with van der Waals surface area (Å²) in [5, 5.41) is 0. The molecule has 1 aromatic heterocycles. The number of aromatic nitrogens is 2. The van der Waals surface area contributed by atoms with E-state index in [1.165, 1.54) is 5.56 Å². The van der Waals surface area contributed by atoms with E-state index in [1.807, 2.05) is 55.7 Å². The molecule has 20 heavy (non-hydrogen) atoms. The summed E-state index contributed by atoms with van der Waals surface area (Å²) in [6.07, 6.45) is 2.40. The van der Waals surface area contributed by atoms with Gasteiger partial charge in [0.15, 0.2) is 5.78 Å². The molecule has 100 valence electrons. The lowest BCUT2D eigenvalue weighted by Crippen LogP contribution is -2.00. The minimum atomic E-state index is 0.185. The number of rotatable bonds is 4. The smallest absolute Gasteiger partial charge is 0.162 e. The van der Waals surface area contributed by atoms with Crippen LogP contribution in [0.3, 0.4) is 0 Å². The Labute approximate surface area is 117 Å². The van der Waals surface area contributed by atoms with E-state index in [-0.39, 0.29) is 5.78 Å². The highest BCUT2D eigenvalue weighted by Crippen LogP contribution is 2.14. The first-order valence-electron chi connectivity index (χ1n) is 6.80. The van der Waals surface area contributed by atoms with E-state index in [9.17, 15) is 4.79 Å². The molecule has 0 amide bonds. The quantitative estimate of drug-likeness (QED) is 0.674.